The molecule has 0 fully saturated rings. The molecular weight excluding hydrogens is 292 g/mol. The van der Waals surface area contributed by atoms with Gasteiger partial charge in [0.05, 0.1) is 12.5 Å². The highest BCUT2D eigenvalue weighted by molar-refractivity contribution is 5.88. The minimum atomic E-state index is -0.805. The lowest BCUT2D eigenvalue weighted by molar-refractivity contribution is -0.146. The first-order chi connectivity index (χ1) is 10.2. The van der Waals surface area contributed by atoms with Crippen LogP contribution in [0.5, 0.6) is 11.8 Å². The highest BCUT2D eigenvalue weighted by Crippen LogP contribution is 2.18. The fourth-order valence-electron chi connectivity index (χ4n) is 1.84. The molecular formula is C14H20N2O6. The predicted molar refractivity (Wildman–Crippen MR) is 76.0 cm³/mol. The van der Waals surface area contributed by atoms with Crippen LogP contribution in [0.3, 0.4) is 0 Å². The molecule has 1 unspecified atom stereocenters. The molecule has 8 heteroatoms. The molecule has 1 atom stereocenters. The Labute approximate surface area is 127 Å². The maximum absolute atomic E-state index is 11.7. The second-order valence-electron chi connectivity index (χ2n) is 5.21. The van der Waals surface area contributed by atoms with Gasteiger partial charge in [0.25, 0.3) is 0 Å². The summed E-state index contributed by atoms with van der Waals surface area (Å²) < 4.78 is 0.548. The summed E-state index contributed by atoms with van der Waals surface area (Å²) in [5, 5.41) is 21.2. The normalized spacial score (nSPS) is 12.0. The smallest absolute Gasteiger partial charge is 0.333 e. The number of hydrogen-bond acceptors (Lipinski definition) is 6. The van der Waals surface area contributed by atoms with Crippen molar-refractivity contribution < 1.29 is 29.4 Å². The van der Waals surface area contributed by atoms with Crippen LogP contribution in [0.15, 0.2) is 12.1 Å². The zero-order valence-corrected chi connectivity index (χ0v) is 12.7. The molecule has 22 heavy (non-hydrogen) atoms. The number of nitrogens with zero attached hydrogens (tertiary/aromatic N) is 1. The average molecular weight is 312 g/mol. The molecule has 122 valence electrons. The molecule has 0 saturated heterocycles. The van der Waals surface area contributed by atoms with E-state index in [0.29, 0.717) is 4.73 Å². The highest BCUT2D eigenvalue weighted by atomic mass is 16.7. The average Bonchev–Trinajstić information content (AvgIpc) is 2.73. The molecule has 1 aromatic rings. The quantitative estimate of drug-likeness (QED) is 0.669. The van der Waals surface area contributed by atoms with E-state index in [2.05, 4.69) is 5.32 Å². The van der Waals surface area contributed by atoms with Crippen molar-refractivity contribution in [1.29, 1.82) is 0 Å². The number of rotatable bonds is 7. The third-order valence-electron chi connectivity index (χ3n) is 2.97. The molecule has 3 N–H and O–H groups in total. The maximum atomic E-state index is 11.7. The van der Waals surface area contributed by atoms with E-state index in [-0.39, 0.29) is 24.5 Å². The summed E-state index contributed by atoms with van der Waals surface area (Å²) >= 11 is 0. The first-order valence-corrected chi connectivity index (χ1v) is 6.83. The molecule has 0 aromatic carbocycles. The second kappa shape index (κ2) is 7.48. The van der Waals surface area contributed by atoms with Crippen LogP contribution in [0.1, 0.15) is 33.6 Å². The lowest BCUT2D eigenvalue weighted by Gasteiger charge is -2.19. The third-order valence-corrected chi connectivity index (χ3v) is 2.97. The number of aromatic hydroxyl groups is 2. The molecule has 0 radical (unpaired) electrons. The fraction of sp³-hybridized carbons (Fsp3) is 0.500. The first-order valence-electron chi connectivity index (χ1n) is 6.83. The predicted octanol–water partition coefficient (Wildman–Crippen LogP) is 0.364. The molecule has 1 aromatic heterocycles. The van der Waals surface area contributed by atoms with Gasteiger partial charge in [-0.3, -0.25) is 9.59 Å². The van der Waals surface area contributed by atoms with Crippen molar-refractivity contribution in [3.63, 3.8) is 0 Å². The van der Waals surface area contributed by atoms with Crippen LogP contribution in [0.25, 0.3) is 0 Å². The Kier molecular flexibility index (Phi) is 5.97. The van der Waals surface area contributed by atoms with Crippen LogP contribution in [0.4, 0.5) is 0 Å². The van der Waals surface area contributed by atoms with E-state index in [9.17, 15) is 24.6 Å². The number of carbonyl (C=O) groups excluding carboxylic acids is 3. The largest absolute Gasteiger partial charge is 0.492 e. The molecule has 0 spiro atoms. The Balaban J connectivity index is 2.47. The van der Waals surface area contributed by atoms with Gasteiger partial charge in [0, 0.05) is 18.6 Å². The van der Waals surface area contributed by atoms with E-state index in [1.807, 2.05) is 0 Å². The van der Waals surface area contributed by atoms with Crippen molar-refractivity contribution in [2.75, 3.05) is 0 Å². The molecule has 0 bridgehead atoms. The minimum absolute atomic E-state index is 0.0535. The van der Waals surface area contributed by atoms with Crippen LogP contribution in [0, 0.1) is 5.92 Å². The standard InChI is InChI=1S/C14H20N2O6/c1-8(2)14(9(3)17)15-10(18)4-7-13(21)22-16-11(19)5-6-12(16)20/h5-6,8,14,19-20H,4,7H2,1-3H3,(H,15,18). The topological polar surface area (TPSA) is 118 Å². The van der Waals surface area contributed by atoms with E-state index in [4.69, 9.17) is 4.84 Å². The Bertz CT molecular complexity index is 544. The van der Waals surface area contributed by atoms with Gasteiger partial charge in [0.2, 0.25) is 17.7 Å². The fourth-order valence-corrected chi connectivity index (χ4v) is 1.84. The monoisotopic (exact) mass is 312 g/mol. The van der Waals surface area contributed by atoms with Gasteiger partial charge in [-0.2, -0.15) is 0 Å². The number of amides is 1. The summed E-state index contributed by atoms with van der Waals surface area (Å²) in [7, 11) is 0. The number of Topliss-reactive ketones (excluding diaryl/α,β-unsaturated/α-hetero) is 1. The highest BCUT2D eigenvalue weighted by Gasteiger charge is 2.21. The summed E-state index contributed by atoms with van der Waals surface area (Å²) in [6, 6.07) is 1.70. The maximum Gasteiger partial charge on any atom is 0.333 e. The van der Waals surface area contributed by atoms with E-state index < -0.39 is 29.7 Å². The second-order valence-corrected chi connectivity index (χ2v) is 5.21. The van der Waals surface area contributed by atoms with Gasteiger partial charge in [-0.05, 0) is 12.8 Å². The lowest BCUT2D eigenvalue weighted by atomic mass is 10.0. The molecule has 1 rings (SSSR count). The van der Waals surface area contributed by atoms with Gasteiger partial charge in [0.15, 0.2) is 5.78 Å². The van der Waals surface area contributed by atoms with E-state index >= 15 is 0 Å². The Morgan fingerprint density at radius 2 is 1.73 bits per heavy atom. The van der Waals surface area contributed by atoms with Gasteiger partial charge < -0.3 is 20.4 Å². The summed E-state index contributed by atoms with van der Waals surface area (Å²) in [4.78, 5) is 39.4. The molecule has 0 aliphatic rings. The SMILES string of the molecule is CC(=O)C(NC(=O)CCC(=O)On1c(O)ccc1O)C(C)C. The zero-order valence-electron chi connectivity index (χ0n) is 12.7. The van der Waals surface area contributed by atoms with Crippen molar-refractivity contribution in [2.45, 2.75) is 39.7 Å². The molecule has 1 amide bonds. The zero-order chi connectivity index (χ0) is 16.9. The van der Waals surface area contributed by atoms with E-state index in [0.717, 1.165) is 12.1 Å². The third kappa shape index (κ3) is 4.80. The van der Waals surface area contributed by atoms with Crippen LogP contribution >= 0.6 is 0 Å². The van der Waals surface area contributed by atoms with Gasteiger partial charge in [-0.15, -0.1) is 4.73 Å². The van der Waals surface area contributed by atoms with Crippen LogP contribution in [-0.4, -0.2) is 38.6 Å². The summed E-state index contributed by atoms with van der Waals surface area (Å²) in [5.74, 6) is -2.35. The number of ketones is 1. The summed E-state index contributed by atoms with van der Waals surface area (Å²) in [6.45, 7) is 4.99. The molecule has 0 saturated carbocycles. The number of nitrogens with one attached hydrogen (secondary N) is 1. The molecule has 1 heterocycles. The first kappa shape index (κ1) is 17.5. The van der Waals surface area contributed by atoms with E-state index in [1.54, 1.807) is 13.8 Å². The summed E-state index contributed by atoms with van der Waals surface area (Å²) in [5.41, 5.74) is 0. The van der Waals surface area contributed by atoms with Crippen molar-refractivity contribution >= 4 is 17.7 Å². The van der Waals surface area contributed by atoms with Crippen LogP contribution in [-0.2, 0) is 14.4 Å². The molecule has 8 nitrogen and oxygen atoms in total. The Hall–Kier alpha value is -2.51. The van der Waals surface area contributed by atoms with Gasteiger partial charge in [0.1, 0.15) is 0 Å². The van der Waals surface area contributed by atoms with Gasteiger partial charge in [-0.1, -0.05) is 13.8 Å². The number of aromatic nitrogens is 1. The number of carbonyl (C=O) groups is 3. The van der Waals surface area contributed by atoms with Crippen molar-refractivity contribution in [2.24, 2.45) is 5.92 Å². The van der Waals surface area contributed by atoms with Crippen molar-refractivity contribution in [1.82, 2.24) is 10.0 Å². The Morgan fingerprint density at radius 3 is 2.18 bits per heavy atom. The van der Waals surface area contributed by atoms with E-state index in [1.165, 1.54) is 6.92 Å². The summed E-state index contributed by atoms with van der Waals surface area (Å²) in [6.07, 6.45) is -0.427. The Morgan fingerprint density at radius 1 is 1.18 bits per heavy atom. The van der Waals surface area contributed by atoms with Crippen molar-refractivity contribution in [3.8, 4) is 11.8 Å². The van der Waals surface area contributed by atoms with Crippen LogP contribution < -0.4 is 10.2 Å². The van der Waals surface area contributed by atoms with Crippen molar-refractivity contribution in [3.05, 3.63) is 12.1 Å². The minimum Gasteiger partial charge on any atom is -0.492 e. The lowest BCUT2D eigenvalue weighted by Crippen LogP contribution is -2.43. The number of hydrogen-bond donors (Lipinski definition) is 3. The van der Waals surface area contributed by atoms with Gasteiger partial charge in [-0.25, -0.2) is 4.79 Å². The molecule has 0 aliphatic heterocycles. The van der Waals surface area contributed by atoms with Gasteiger partial charge >= 0.3 is 5.97 Å². The van der Waals surface area contributed by atoms with Crippen LogP contribution in [0.2, 0.25) is 0 Å². The molecule has 0 aliphatic carbocycles.